The Hall–Kier alpha value is -1.62. The van der Waals surface area contributed by atoms with Crippen molar-refractivity contribution in [3.8, 4) is 11.1 Å². The van der Waals surface area contributed by atoms with E-state index >= 15 is 0 Å². The first-order chi connectivity index (χ1) is 8.18. The predicted octanol–water partition coefficient (Wildman–Crippen LogP) is 3.12. The number of carbonyl (C=O) groups is 1. The number of halogens is 1. The second-order valence-electron chi connectivity index (χ2n) is 3.54. The van der Waals surface area contributed by atoms with E-state index in [1.807, 2.05) is 24.3 Å². The third-order valence-electron chi connectivity index (χ3n) is 2.38. The highest BCUT2D eigenvalue weighted by atomic mass is 79.9. The van der Waals surface area contributed by atoms with Crippen LogP contribution in [-0.2, 0) is 11.2 Å². The van der Waals surface area contributed by atoms with Crippen molar-refractivity contribution >= 4 is 21.9 Å². The first kappa shape index (κ1) is 11.9. The Balaban J connectivity index is 2.31. The number of carboxylic acids is 1. The first-order valence-corrected chi connectivity index (χ1v) is 5.88. The van der Waals surface area contributed by atoms with Crippen molar-refractivity contribution in [3.05, 3.63) is 40.7 Å². The monoisotopic (exact) mass is 295 g/mol. The van der Waals surface area contributed by atoms with Crippen LogP contribution in [0.4, 0.5) is 0 Å². The quantitative estimate of drug-likeness (QED) is 0.941. The number of aromatic nitrogens is 1. The van der Waals surface area contributed by atoms with Crippen LogP contribution in [0.3, 0.4) is 0 Å². The summed E-state index contributed by atoms with van der Waals surface area (Å²) in [4.78, 5) is 10.5. The Morgan fingerprint density at radius 2 is 2.12 bits per heavy atom. The molecule has 0 spiro atoms. The summed E-state index contributed by atoms with van der Waals surface area (Å²) < 4.78 is 6.02. The minimum Gasteiger partial charge on any atom is -0.481 e. The van der Waals surface area contributed by atoms with Crippen LogP contribution in [0.5, 0.6) is 0 Å². The topological polar surface area (TPSA) is 63.3 Å². The maximum Gasteiger partial charge on any atom is 0.303 e. The van der Waals surface area contributed by atoms with Gasteiger partial charge in [-0.2, -0.15) is 0 Å². The molecule has 0 aliphatic rings. The fourth-order valence-electron chi connectivity index (χ4n) is 1.56. The molecule has 0 unspecified atom stereocenters. The lowest BCUT2D eigenvalue weighted by Crippen LogP contribution is -1.97. The molecule has 5 heteroatoms. The fraction of sp³-hybridized carbons (Fsp3) is 0.167. The summed E-state index contributed by atoms with van der Waals surface area (Å²) in [5.74, 6) is -0.251. The normalized spacial score (nSPS) is 10.4. The first-order valence-electron chi connectivity index (χ1n) is 5.08. The zero-order valence-electron chi connectivity index (χ0n) is 8.89. The van der Waals surface area contributed by atoms with Gasteiger partial charge in [0.1, 0.15) is 5.76 Å². The Morgan fingerprint density at radius 3 is 2.82 bits per heavy atom. The van der Waals surface area contributed by atoms with E-state index in [4.69, 9.17) is 9.63 Å². The molecule has 2 rings (SSSR count). The van der Waals surface area contributed by atoms with Gasteiger partial charge >= 0.3 is 5.97 Å². The van der Waals surface area contributed by atoms with Crippen LogP contribution in [-0.4, -0.2) is 16.2 Å². The van der Waals surface area contributed by atoms with Crippen LogP contribution in [0.25, 0.3) is 11.1 Å². The molecule has 0 aliphatic carbocycles. The van der Waals surface area contributed by atoms with E-state index in [0.717, 1.165) is 15.6 Å². The summed E-state index contributed by atoms with van der Waals surface area (Å²) in [6.07, 6.45) is 1.98. The smallest absolute Gasteiger partial charge is 0.303 e. The van der Waals surface area contributed by atoms with Gasteiger partial charge in [-0.05, 0) is 6.07 Å². The zero-order chi connectivity index (χ0) is 12.3. The molecule has 2 aromatic rings. The number of benzene rings is 1. The molecule has 0 amide bonds. The van der Waals surface area contributed by atoms with Gasteiger partial charge in [-0.3, -0.25) is 4.79 Å². The summed E-state index contributed by atoms with van der Waals surface area (Å²) in [5, 5.41) is 12.4. The molecule has 0 radical (unpaired) electrons. The van der Waals surface area contributed by atoms with E-state index < -0.39 is 5.97 Å². The van der Waals surface area contributed by atoms with Gasteiger partial charge in [-0.15, -0.1) is 0 Å². The lowest BCUT2D eigenvalue weighted by Gasteiger charge is -2.02. The minimum absolute atomic E-state index is 0.0344. The number of hydrogen-bond donors (Lipinski definition) is 1. The van der Waals surface area contributed by atoms with Crippen molar-refractivity contribution in [1.29, 1.82) is 0 Å². The zero-order valence-corrected chi connectivity index (χ0v) is 10.5. The standard InChI is InChI=1S/C12H10BrNO3/c13-10-4-2-1-3-8(10)9-7-14-17-11(9)5-6-12(15)16/h1-4,7H,5-6H2,(H,15,16). The Morgan fingerprint density at radius 1 is 1.35 bits per heavy atom. The molecule has 88 valence electrons. The van der Waals surface area contributed by atoms with E-state index in [1.165, 1.54) is 0 Å². The average molecular weight is 296 g/mol. The lowest BCUT2D eigenvalue weighted by molar-refractivity contribution is -0.137. The molecular formula is C12H10BrNO3. The Labute approximate surface area is 106 Å². The minimum atomic E-state index is -0.848. The second-order valence-corrected chi connectivity index (χ2v) is 4.39. The van der Waals surface area contributed by atoms with E-state index in [0.29, 0.717) is 12.2 Å². The van der Waals surface area contributed by atoms with Crippen molar-refractivity contribution in [2.45, 2.75) is 12.8 Å². The SMILES string of the molecule is O=C(O)CCc1oncc1-c1ccccc1Br. The Kier molecular flexibility index (Phi) is 3.58. The molecule has 1 aromatic heterocycles. The number of aliphatic carboxylic acids is 1. The molecule has 0 saturated heterocycles. The third kappa shape index (κ3) is 2.74. The van der Waals surface area contributed by atoms with Crippen LogP contribution in [0.2, 0.25) is 0 Å². The van der Waals surface area contributed by atoms with Gasteiger partial charge in [-0.1, -0.05) is 39.3 Å². The van der Waals surface area contributed by atoms with Crippen LogP contribution in [0.1, 0.15) is 12.2 Å². The summed E-state index contributed by atoms with van der Waals surface area (Å²) in [7, 11) is 0. The van der Waals surface area contributed by atoms with E-state index in [2.05, 4.69) is 21.1 Å². The molecule has 0 saturated carbocycles. The lowest BCUT2D eigenvalue weighted by atomic mass is 10.0. The summed E-state index contributed by atoms with van der Waals surface area (Å²) in [6, 6.07) is 7.68. The van der Waals surface area contributed by atoms with E-state index in [1.54, 1.807) is 6.20 Å². The van der Waals surface area contributed by atoms with Gasteiger partial charge in [-0.25, -0.2) is 0 Å². The van der Waals surface area contributed by atoms with Gasteiger partial charge in [0.05, 0.1) is 12.6 Å². The van der Waals surface area contributed by atoms with E-state index in [-0.39, 0.29) is 6.42 Å². The average Bonchev–Trinajstić information content (AvgIpc) is 2.75. The van der Waals surface area contributed by atoms with Crippen LogP contribution in [0, 0.1) is 0 Å². The molecule has 0 atom stereocenters. The molecule has 0 bridgehead atoms. The van der Waals surface area contributed by atoms with Gasteiger partial charge < -0.3 is 9.63 Å². The van der Waals surface area contributed by atoms with Gasteiger partial charge in [0.25, 0.3) is 0 Å². The molecule has 0 fully saturated rings. The van der Waals surface area contributed by atoms with Crippen molar-refractivity contribution in [1.82, 2.24) is 5.16 Å². The van der Waals surface area contributed by atoms with Crippen LogP contribution >= 0.6 is 15.9 Å². The van der Waals surface area contributed by atoms with Crippen LogP contribution < -0.4 is 0 Å². The molecule has 1 heterocycles. The molecule has 4 nitrogen and oxygen atoms in total. The third-order valence-corrected chi connectivity index (χ3v) is 3.07. The van der Waals surface area contributed by atoms with Crippen molar-refractivity contribution in [2.24, 2.45) is 0 Å². The molecule has 1 N–H and O–H groups in total. The number of aryl methyl sites for hydroxylation is 1. The highest BCUT2D eigenvalue weighted by Gasteiger charge is 2.13. The van der Waals surface area contributed by atoms with Crippen molar-refractivity contribution < 1.29 is 14.4 Å². The summed E-state index contributed by atoms with van der Waals surface area (Å²) >= 11 is 3.45. The van der Waals surface area contributed by atoms with Crippen molar-refractivity contribution in [2.75, 3.05) is 0 Å². The van der Waals surface area contributed by atoms with E-state index in [9.17, 15) is 4.79 Å². The van der Waals surface area contributed by atoms with Gasteiger partial charge in [0.15, 0.2) is 0 Å². The highest BCUT2D eigenvalue weighted by Crippen LogP contribution is 2.30. The maximum absolute atomic E-state index is 10.5. The van der Waals surface area contributed by atoms with Crippen LogP contribution in [0.15, 0.2) is 39.5 Å². The molecular weight excluding hydrogens is 286 g/mol. The largest absolute Gasteiger partial charge is 0.481 e. The van der Waals surface area contributed by atoms with Gasteiger partial charge in [0.2, 0.25) is 0 Å². The Bertz CT molecular complexity index is 536. The number of hydrogen-bond acceptors (Lipinski definition) is 3. The fourth-order valence-corrected chi connectivity index (χ4v) is 2.06. The number of carboxylic acid groups (broad SMARTS) is 1. The second kappa shape index (κ2) is 5.14. The maximum atomic E-state index is 10.5. The summed E-state index contributed by atoms with van der Waals surface area (Å²) in [5.41, 5.74) is 1.79. The molecule has 1 aromatic carbocycles. The summed E-state index contributed by atoms with van der Waals surface area (Å²) in [6.45, 7) is 0. The van der Waals surface area contributed by atoms with Crippen molar-refractivity contribution in [3.63, 3.8) is 0 Å². The molecule has 17 heavy (non-hydrogen) atoms. The number of nitrogens with zero attached hydrogens (tertiary/aromatic N) is 1. The van der Waals surface area contributed by atoms with Gasteiger partial charge in [0, 0.05) is 22.0 Å². The highest BCUT2D eigenvalue weighted by molar-refractivity contribution is 9.10. The predicted molar refractivity (Wildman–Crippen MR) is 65.6 cm³/mol. The number of rotatable bonds is 4. The molecule has 0 aliphatic heterocycles.